The fraction of sp³-hybridized carbons (Fsp3) is 0.241. The Kier molecular flexibility index (Phi) is 8.37. The molecule has 5 rings (SSSR count). The molecule has 3 aromatic carbocycles. The van der Waals surface area contributed by atoms with Gasteiger partial charge in [0.2, 0.25) is 5.91 Å². The van der Waals surface area contributed by atoms with Gasteiger partial charge < -0.3 is 25.0 Å². The van der Waals surface area contributed by atoms with Crippen LogP contribution in [0.25, 0.3) is 22.6 Å². The molecule has 0 bridgehead atoms. The topological polar surface area (TPSA) is 130 Å². The lowest BCUT2D eigenvalue weighted by molar-refractivity contribution is -0.118. The highest BCUT2D eigenvalue weighted by Gasteiger charge is 2.20. The normalized spacial score (nSPS) is 13.7. The summed E-state index contributed by atoms with van der Waals surface area (Å²) in [5, 5.41) is 18.9. The van der Waals surface area contributed by atoms with Crippen molar-refractivity contribution >= 4 is 23.2 Å². The van der Waals surface area contributed by atoms with E-state index in [1.807, 2.05) is 59.5 Å². The second-order valence-corrected chi connectivity index (χ2v) is 9.08. The van der Waals surface area contributed by atoms with Gasteiger partial charge in [0.1, 0.15) is 0 Å². The van der Waals surface area contributed by atoms with Crippen molar-refractivity contribution in [2.45, 2.75) is 6.42 Å². The molecule has 3 N–H and O–H groups in total. The van der Waals surface area contributed by atoms with Gasteiger partial charge in [0.05, 0.1) is 37.6 Å². The molecule has 4 aromatic rings. The Balaban J connectivity index is 1.35. The fourth-order valence-corrected chi connectivity index (χ4v) is 4.27. The minimum Gasteiger partial charge on any atom is -0.396 e. The number of hydrogen-bond donors (Lipinski definition) is 3. The highest BCUT2D eigenvalue weighted by Crippen LogP contribution is 2.29. The van der Waals surface area contributed by atoms with Crippen LogP contribution in [0.3, 0.4) is 0 Å². The first-order valence-electron chi connectivity index (χ1n) is 12.7. The monoisotopic (exact) mass is 527 g/mol. The van der Waals surface area contributed by atoms with Crippen LogP contribution in [0.4, 0.5) is 11.4 Å². The maximum absolute atomic E-state index is 13.1. The Labute approximate surface area is 225 Å². The minimum absolute atomic E-state index is 0.118. The van der Waals surface area contributed by atoms with Gasteiger partial charge in [-0.3, -0.25) is 14.5 Å². The summed E-state index contributed by atoms with van der Waals surface area (Å²) in [6.45, 7) is 2.56. The van der Waals surface area contributed by atoms with Gasteiger partial charge in [-0.15, -0.1) is 0 Å². The number of nitrogens with zero attached hydrogens (tertiary/aromatic N) is 3. The molecule has 0 aliphatic carbocycles. The van der Waals surface area contributed by atoms with Crippen LogP contribution in [0.2, 0.25) is 0 Å². The van der Waals surface area contributed by atoms with Crippen LogP contribution in [0.15, 0.2) is 77.3 Å². The third-order valence-corrected chi connectivity index (χ3v) is 6.31. The summed E-state index contributed by atoms with van der Waals surface area (Å²) >= 11 is 0. The molecule has 39 heavy (non-hydrogen) atoms. The number of morpholine rings is 1. The van der Waals surface area contributed by atoms with Crippen LogP contribution in [-0.2, 0) is 16.0 Å². The molecule has 1 aromatic heterocycles. The number of aliphatic hydroxyl groups is 1. The van der Waals surface area contributed by atoms with Crippen LogP contribution in [-0.4, -0.2) is 71.4 Å². The van der Waals surface area contributed by atoms with Gasteiger partial charge in [-0.2, -0.15) is 4.98 Å². The first-order chi connectivity index (χ1) is 19.1. The number of amides is 2. The van der Waals surface area contributed by atoms with Crippen molar-refractivity contribution in [1.29, 1.82) is 0 Å². The van der Waals surface area contributed by atoms with Crippen LogP contribution in [0.1, 0.15) is 16.2 Å². The predicted octanol–water partition coefficient (Wildman–Crippen LogP) is 3.46. The molecule has 0 spiro atoms. The van der Waals surface area contributed by atoms with Crippen molar-refractivity contribution in [2.75, 3.05) is 50.1 Å². The van der Waals surface area contributed by atoms with E-state index in [9.17, 15) is 14.7 Å². The number of ether oxygens (including phenoxy) is 1. The molecule has 200 valence electrons. The largest absolute Gasteiger partial charge is 0.396 e. The number of benzene rings is 3. The molecule has 10 heteroatoms. The van der Waals surface area contributed by atoms with Crippen molar-refractivity contribution < 1.29 is 24.0 Å². The third kappa shape index (κ3) is 6.74. The van der Waals surface area contributed by atoms with E-state index in [0.717, 1.165) is 11.1 Å². The van der Waals surface area contributed by atoms with E-state index in [4.69, 9.17) is 9.26 Å². The molecule has 2 amide bonds. The van der Waals surface area contributed by atoms with Gasteiger partial charge in [0.25, 0.3) is 11.8 Å². The van der Waals surface area contributed by atoms with Gasteiger partial charge in [-0.05, 0) is 41.5 Å². The van der Waals surface area contributed by atoms with E-state index in [0.29, 0.717) is 54.6 Å². The zero-order chi connectivity index (χ0) is 27.0. The molecule has 2 heterocycles. The number of hydrogen-bond acceptors (Lipinski definition) is 8. The summed E-state index contributed by atoms with van der Waals surface area (Å²) in [5.74, 6) is -0.0334. The number of nitrogens with one attached hydrogen (secondary N) is 2. The smallest absolute Gasteiger partial charge is 0.260 e. The molecule has 1 saturated heterocycles. The molecule has 0 saturated carbocycles. The molecule has 0 radical (unpaired) electrons. The average molecular weight is 528 g/mol. The second kappa shape index (κ2) is 12.4. The van der Waals surface area contributed by atoms with Crippen molar-refractivity contribution in [3.8, 4) is 22.6 Å². The number of aliphatic hydroxyl groups excluding tert-OH is 1. The first-order valence-corrected chi connectivity index (χ1v) is 12.7. The summed E-state index contributed by atoms with van der Waals surface area (Å²) in [5.41, 5.74) is 3.98. The van der Waals surface area contributed by atoms with Gasteiger partial charge in [-0.25, -0.2) is 0 Å². The highest BCUT2D eigenvalue weighted by molar-refractivity contribution is 6.06. The SMILES string of the molecule is O=C(CN1CCOCC1)Nc1cc(C(=O)Nc2ccc(-c3ccccc3)cc2)ccc1-c1nc(CCO)no1. The van der Waals surface area contributed by atoms with E-state index in [1.54, 1.807) is 18.2 Å². The van der Waals surface area contributed by atoms with Crippen LogP contribution >= 0.6 is 0 Å². The molecule has 1 aliphatic rings. The zero-order valence-electron chi connectivity index (χ0n) is 21.3. The van der Waals surface area contributed by atoms with Crippen LogP contribution < -0.4 is 10.6 Å². The van der Waals surface area contributed by atoms with Gasteiger partial charge in [-0.1, -0.05) is 47.6 Å². The molecule has 0 unspecified atom stereocenters. The molecule has 0 atom stereocenters. The lowest BCUT2D eigenvalue weighted by Gasteiger charge is -2.25. The third-order valence-electron chi connectivity index (χ3n) is 6.31. The van der Waals surface area contributed by atoms with E-state index in [-0.39, 0.29) is 37.3 Å². The second-order valence-electron chi connectivity index (χ2n) is 9.08. The molecule has 1 aliphatic heterocycles. The maximum atomic E-state index is 13.1. The lowest BCUT2D eigenvalue weighted by atomic mass is 10.1. The Hall–Kier alpha value is -4.38. The first kappa shape index (κ1) is 26.2. The molecular formula is C29H29N5O5. The van der Waals surface area contributed by atoms with Crippen molar-refractivity contribution in [3.63, 3.8) is 0 Å². The lowest BCUT2D eigenvalue weighted by Crippen LogP contribution is -2.41. The number of carbonyl (C=O) groups excluding carboxylic acids is 2. The summed E-state index contributed by atoms with van der Waals surface area (Å²) in [6.07, 6.45) is 0.242. The van der Waals surface area contributed by atoms with Gasteiger partial charge in [0.15, 0.2) is 5.82 Å². The van der Waals surface area contributed by atoms with Crippen LogP contribution in [0, 0.1) is 0 Å². The van der Waals surface area contributed by atoms with Crippen molar-refractivity contribution in [2.24, 2.45) is 0 Å². The number of carbonyl (C=O) groups is 2. The van der Waals surface area contributed by atoms with Gasteiger partial charge >= 0.3 is 0 Å². The van der Waals surface area contributed by atoms with Gasteiger partial charge in [0, 0.05) is 30.8 Å². The Morgan fingerprint density at radius 2 is 1.67 bits per heavy atom. The number of aromatic nitrogens is 2. The Morgan fingerprint density at radius 1 is 0.923 bits per heavy atom. The van der Waals surface area contributed by atoms with Crippen molar-refractivity contribution in [1.82, 2.24) is 15.0 Å². The quantitative estimate of drug-likeness (QED) is 0.302. The van der Waals surface area contributed by atoms with E-state index in [2.05, 4.69) is 20.8 Å². The fourth-order valence-electron chi connectivity index (χ4n) is 4.27. The number of rotatable bonds is 9. The van der Waals surface area contributed by atoms with Crippen LogP contribution in [0.5, 0.6) is 0 Å². The zero-order valence-corrected chi connectivity index (χ0v) is 21.3. The molecule has 1 fully saturated rings. The summed E-state index contributed by atoms with van der Waals surface area (Å²) in [6, 6.07) is 22.5. The predicted molar refractivity (Wildman–Crippen MR) is 146 cm³/mol. The van der Waals surface area contributed by atoms with E-state index in [1.165, 1.54) is 0 Å². The van der Waals surface area contributed by atoms with E-state index < -0.39 is 0 Å². The average Bonchev–Trinajstić information content (AvgIpc) is 3.43. The highest BCUT2D eigenvalue weighted by atomic mass is 16.5. The summed E-state index contributed by atoms with van der Waals surface area (Å²) < 4.78 is 10.7. The Bertz CT molecular complexity index is 1420. The Morgan fingerprint density at radius 3 is 2.41 bits per heavy atom. The standard InChI is InChI=1S/C29H29N5O5/c35-15-12-26-32-29(39-33-26)24-11-8-22(18-25(24)31-27(36)19-34-13-16-38-17-14-34)28(37)30-23-9-6-21(7-10-23)20-4-2-1-3-5-20/h1-11,18,35H,12-17,19H2,(H,30,37)(H,31,36). The molecular weight excluding hydrogens is 498 g/mol. The summed E-state index contributed by atoms with van der Waals surface area (Å²) in [4.78, 5) is 32.3. The number of anilines is 2. The van der Waals surface area contributed by atoms with E-state index >= 15 is 0 Å². The summed E-state index contributed by atoms with van der Waals surface area (Å²) in [7, 11) is 0. The minimum atomic E-state index is -0.329. The molecule has 10 nitrogen and oxygen atoms in total. The van der Waals surface area contributed by atoms with Crippen molar-refractivity contribution in [3.05, 3.63) is 84.2 Å². The maximum Gasteiger partial charge on any atom is 0.260 e.